The topological polar surface area (TPSA) is 64.3 Å². The average molecular weight is 268 g/mol. The Morgan fingerprint density at radius 1 is 1.33 bits per heavy atom. The number of anilines is 1. The third-order valence-electron chi connectivity index (χ3n) is 2.22. The molecule has 0 aromatic heterocycles. The summed E-state index contributed by atoms with van der Waals surface area (Å²) in [6.07, 6.45) is -0.390. The second-order valence-corrected chi connectivity index (χ2v) is 6.19. The number of nitrogen functional groups attached to an aromatic ring is 1. The number of alkyl carbamates (subject to hydrolysis) is 1. The van der Waals surface area contributed by atoms with Crippen molar-refractivity contribution in [1.29, 1.82) is 0 Å². The van der Waals surface area contributed by atoms with Gasteiger partial charge in [-0.05, 0) is 45.1 Å². The van der Waals surface area contributed by atoms with Crippen LogP contribution in [0.4, 0.5) is 10.5 Å². The largest absolute Gasteiger partial charge is 0.444 e. The second-order valence-electron chi connectivity index (χ2n) is 5.03. The Morgan fingerprint density at radius 3 is 2.33 bits per heavy atom. The first kappa shape index (κ1) is 14.8. The molecule has 0 bridgehead atoms. The lowest BCUT2D eigenvalue weighted by atomic mass is 10.2. The van der Waals surface area contributed by atoms with E-state index in [-0.39, 0.29) is 5.78 Å². The summed E-state index contributed by atoms with van der Waals surface area (Å²) in [7, 11) is 0.550. The molecule has 4 nitrogen and oxygen atoms in total. The summed E-state index contributed by atoms with van der Waals surface area (Å²) in [4.78, 5) is 11.7. The third-order valence-corrected chi connectivity index (χ3v) is 3.27. The van der Waals surface area contributed by atoms with Crippen molar-refractivity contribution in [2.75, 3.05) is 12.4 Å². The minimum Gasteiger partial charge on any atom is -0.444 e. The van der Waals surface area contributed by atoms with Crippen molar-refractivity contribution in [3.8, 4) is 0 Å². The molecule has 0 saturated carbocycles. The van der Waals surface area contributed by atoms with Crippen LogP contribution in [-0.2, 0) is 4.74 Å². The minimum absolute atomic E-state index is 0.0274. The number of hydrogen-bond donors (Lipinski definition) is 2. The molecule has 1 aromatic carbocycles. The van der Waals surface area contributed by atoms with Crippen LogP contribution in [0, 0.1) is 0 Å². The highest BCUT2D eigenvalue weighted by Crippen LogP contribution is 2.29. The standard InChI is InChI=1S/C13H21N2O2P/c1-13(2,3)17-12(16)15-11(18-4)9-5-7-10(14)8-6-9/h5-8,11,18H,14H2,1-4H3,(H,15,16). The van der Waals surface area contributed by atoms with Gasteiger partial charge in [0.2, 0.25) is 0 Å². The minimum atomic E-state index is -0.480. The van der Waals surface area contributed by atoms with Crippen molar-refractivity contribution in [3.05, 3.63) is 29.8 Å². The molecule has 18 heavy (non-hydrogen) atoms. The number of nitrogens with two attached hydrogens (primary N) is 1. The number of nitrogens with one attached hydrogen (secondary N) is 1. The molecule has 0 fully saturated rings. The molecule has 0 aliphatic heterocycles. The van der Waals surface area contributed by atoms with Gasteiger partial charge in [0.25, 0.3) is 0 Å². The molecule has 2 unspecified atom stereocenters. The fourth-order valence-corrected chi connectivity index (χ4v) is 2.22. The summed E-state index contributed by atoms with van der Waals surface area (Å²) in [6, 6.07) is 7.51. The van der Waals surface area contributed by atoms with Crippen LogP contribution in [-0.4, -0.2) is 18.4 Å². The lowest BCUT2D eigenvalue weighted by molar-refractivity contribution is 0.0521. The summed E-state index contributed by atoms with van der Waals surface area (Å²) in [5.74, 6) is -0.0274. The van der Waals surface area contributed by atoms with Gasteiger partial charge >= 0.3 is 6.09 Å². The Hall–Kier alpha value is -1.28. The van der Waals surface area contributed by atoms with Crippen LogP contribution in [0.25, 0.3) is 0 Å². The van der Waals surface area contributed by atoms with Crippen molar-refractivity contribution in [2.24, 2.45) is 0 Å². The van der Waals surface area contributed by atoms with E-state index in [1.165, 1.54) is 0 Å². The highest BCUT2D eigenvalue weighted by molar-refractivity contribution is 7.37. The maximum atomic E-state index is 11.7. The summed E-state index contributed by atoms with van der Waals surface area (Å²) in [6.45, 7) is 7.58. The van der Waals surface area contributed by atoms with Gasteiger partial charge in [0.1, 0.15) is 5.60 Å². The number of rotatable bonds is 3. The summed E-state index contributed by atoms with van der Waals surface area (Å²) in [5.41, 5.74) is 6.92. The fraction of sp³-hybridized carbons (Fsp3) is 0.462. The first-order valence-electron chi connectivity index (χ1n) is 5.84. The maximum Gasteiger partial charge on any atom is 0.408 e. The number of benzene rings is 1. The van der Waals surface area contributed by atoms with Crippen LogP contribution in [0.3, 0.4) is 0 Å². The highest BCUT2D eigenvalue weighted by atomic mass is 31.1. The molecule has 3 N–H and O–H groups in total. The normalized spacial score (nSPS) is 13.6. The Bertz CT molecular complexity index is 398. The Morgan fingerprint density at radius 2 is 1.89 bits per heavy atom. The number of carbonyl (C=O) groups excluding carboxylic acids is 1. The molecular weight excluding hydrogens is 247 g/mol. The van der Waals surface area contributed by atoms with Crippen LogP contribution in [0.15, 0.2) is 24.3 Å². The van der Waals surface area contributed by atoms with Gasteiger partial charge in [-0.2, -0.15) is 0 Å². The number of hydrogen-bond acceptors (Lipinski definition) is 3. The first-order chi connectivity index (χ1) is 8.31. The predicted molar refractivity (Wildman–Crippen MR) is 77.2 cm³/mol. The van der Waals surface area contributed by atoms with Gasteiger partial charge in [0.05, 0.1) is 5.78 Å². The molecule has 1 amide bonds. The number of carbonyl (C=O) groups is 1. The van der Waals surface area contributed by atoms with Crippen molar-refractivity contribution < 1.29 is 9.53 Å². The van der Waals surface area contributed by atoms with Gasteiger partial charge in [-0.15, -0.1) is 0 Å². The van der Waals surface area contributed by atoms with E-state index in [2.05, 4.69) is 5.32 Å². The SMILES string of the molecule is CPC(NC(=O)OC(C)(C)C)c1ccc(N)cc1. The molecule has 0 heterocycles. The van der Waals surface area contributed by atoms with Crippen LogP contribution >= 0.6 is 8.58 Å². The molecule has 1 rings (SSSR count). The van der Waals surface area contributed by atoms with Gasteiger partial charge in [0, 0.05) is 5.69 Å². The molecule has 0 spiro atoms. The monoisotopic (exact) mass is 268 g/mol. The van der Waals surface area contributed by atoms with Crippen LogP contribution < -0.4 is 11.1 Å². The number of amides is 1. The summed E-state index contributed by atoms with van der Waals surface area (Å²) in [5, 5.41) is 2.87. The molecule has 5 heteroatoms. The van der Waals surface area contributed by atoms with E-state index in [0.29, 0.717) is 14.3 Å². The molecular formula is C13H21N2O2P. The summed E-state index contributed by atoms with van der Waals surface area (Å²) >= 11 is 0. The fourth-order valence-electron chi connectivity index (χ4n) is 1.44. The van der Waals surface area contributed by atoms with Gasteiger partial charge in [-0.25, -0.2) is 4.79 Å². The van der Waals surface area contributed by atoms with E-state index in [1.807, 2.05) is 51.7 Å². The molecule has 100 valence electrons. The molecule has 0 aliphatic carbocycles. The van der Waals surface area contributed by atoms with Crippen molar-refractivity contribution >= 4 is 20.4 Å². The quantitative estimate of drug-likeness (QED) is 0.654. The highest BCUT2D eigenvalue weighted by Gasteiger charge is 2.19. The van der Waals surface area contributed by atoms with Gasteiger partial charge in [0.15, 0.2) is 0 Å². The maximum absolute atomic E-state index is 11.7. The van der Waals surface area contributed by atoms with E-state index < -0.39 is 11.7 Å². The Kier molecular flexibility index (Phi) is 4.97. The predicted octanol–water partition coefficient (Wildman–Crippen LogP) is 3.10. The van der Waals surface area contributed by atoms with Crippen molar-refractivity contribution in [3.63, 3.8) is 0 Å². The van der Waals surface area contributed by atoms with E-state index >= 15 is 0 Å². The zero-order valence-corrected chi connectivity index (χ0v) is 12.3. The van der Waals surface area contributed by atoms with E-state index in [0.717, 1.165) is 5.56 Å². The molecule has 0 radical (unpaired) electrons. The Balaban J connectivity index is 2.68. The zero-order chi connectivity index (χ0) is 13.8. The first-order valence-corrected chi connectivity index (χ1v) is 7.42. The van der Waals surface area contributed by atoms with E-state index in [4.69, 9.17) is 10.5 Å². The van der Waals surface area contributed by atoms with Gasteiger partial charge < -0.3 is 15.8 Å². The summed E-state index contributed by atoms with van der Waals surface area (Å²) < 4.78 is 5.24. The number of ether oxygens (including phenoxy) is 1. The smallest absolute Gasteiger partial charge is 0.408 e. The Labute approximate surface area is 110 Å². The van der Waals surface area contributed by atoms with Crippen LogP contribution in [0.5, 0.6) is 0 Å². The lowest BCUT2D eigenvalue weighted by Crippen LogP contribution is -2.33. The van der Waals surface area contributed by atoms with Crippen LogP contribution in [0.1, 0.15) is 32.1 Å². The molecule has 2 atom stereocenters. The van der Waals surface area contributed by atoms with E-state index in [1.54, 1.807) is 0 Å². The average Bonchev–Trinajstić information content (AvgIpc) is 2.25. The zero-order valence-electron chi connectivity index (χ0n) is 11.3. The van der Waals surface area contributed by atoms with E-state index in [9.17, 15) is 4.79 Å². The van der Waals surface area contributed by atoms with Gasteiger partial charge in [-0.1, -0.05) is 20.7 Å². The van der Waals surface area contributed by atoms with Crippen molar-refractivity contribution in [1.82, 2.24) is 5.32 Å². The third kappa shape index (κ3) is 4.92. The molecule has 0 aliphatic rings. The van der Waals surface area contributed by atoms with Crippen LogP contribution in [0.2, 0.25) is 0 Å². The lowest BCUT2D eigenvalue weighted by Gasteiger charge is -2.23. The molecule has 1 aromatic rings. The van der Waals surface area contributed by atoms with Gasteiger partial charge in [-0.3, -0.25) is 0 Å². The van der Waals surface area contributed by atoms with Crippen molar-refractivity contribution in [2.45, 2.75) is 32.2 Å². The molecule has 0 saturated heterocycles. The second kappa shape index (κ2) is 6.05.